The SMILES string of the molecule is CN1CCc2ccccc2[C@H](N)C1=O.Cl. The maximum Gasteiger partial charge on any atom is 0.243 e. The molecule has 1 aliphatic heterocycles. The molecule has 0 bridgehead atoms. The van der Waals surface area contributed by atoms with Crippen molar-refractivity contribution in [2.24, 2.45) is 5.73 Å². The first-order valence-electron chi connectivity index (χ1n) is 4.78. The van der Waals surface area contributed by atoms with E-state index in [-0.39, 0.29) is 18.3 Å². The van der Waals surface area contributed by atoms with E-state index in [0.29, 0.717) is 0 Å². The Hall–Kier alpha value is -1.06. The van der Waals surface area contributed by atoms with E-state index in [1.165, 1.54) is 5.56 Å². The third kappa shape index (κ3) is 2.13. The van der Waals surface area contributed by atoms with Crippen molar-refractivity contribution < 1.29 is 4.79 Å². The highest BCUT2D eigenvalue weighted by atomic mass is 35.5. The molecule has 1 heterocycles. The quantitative estimate of drug-likeness (QED) is 0.721. The van der Waals surface area contributed by atoms with E-state index in [4.69, 9.17) is 5.73 Å². The third-order valence-electron chi connectivity index (χ3n) is 2.75. The summed E-state index contributed by atoms with van der Waals surface area (Å²) in [4.78, 5) is 13.4. The predicted octanol–water partition coefficient (Wildman–Crippen LogP) is 1.12. The molecule has 2 N–H and O–H groups in total. The van der Waals surface area contributed by atoms with E-state index < -0.39 is 6.04 Å². The molecule has 0 aromatic heterocycles. The summed E-state index contributed by atoms with van der Waals surface area (Å²) in [5.74, 6) is 0.00921. The average Bonchev–Trinajstić information content (AvgIpc) is 2.32. The van der Waals surface area contributed by atoms with Crippen molar-refractivity contribution >= 4 is 18.3 Å². The first kappa shape index (κ1) is 12.0. The highest BCUT2D eigenvalue weighted by molar-refractivity contribution is 5.85. The normalized spacial score (nSPS) is 20.3. The molecule has 0 radical (unpaired) electrons. The largest absolute Gasteiger partial charge is 0.344 e. The van der Waals surface area contributed by atoms with Crippen molar-refractivity contribution in [1.29, 1.82) is 0 Å². The zero-order chi connectivity index (χ0) is 10.1. The summed E-state index contributed by atoms with van der Waals surface area (Å²) in [7, 11) is 1.80. The Kier molecular flexibility index (Phi) is 3.72. The van der Waals surface area contributed by atoms with Crippen molar-refractivity contribution in [3.63, 3.8) is 0 Å². The van der Waals surface area contributed by atoms with Crippen LogP contribution in [-0.4, -0.2) is 24.4 Å². The van der Waals surface area contributed by atoms with Crippen molar-refractivity contribution in [3.8, 4) is 0 Å². The summed E-state index contributed by atoms with van der Waals surface area (Å²) in [5, 5.41) is 0. The Morgan fingerprint density at radius 2 is 2.07 bits per heavy atom. The van der Waals surface area contributed by atoms with Crippen LogP contribution in [0.3, 0.4) is 0 Å². The molecule has 1 aromatic carbocycles. The predicted molar refractivity (Wildman–Crippen MR) is 62.0 cm³/mol. The van der Waals surface area contributed by atoms with E-state index in [1.807, 2.05) is 24.3 Å². The van der Waals surface area contributed by atoms with Crippen molar-refractivity contribution in [3.05, 3.63) is 35.4 Å². The molecule has 1 aromatic rings. The van der Waals surface area contributed by atoms with Crippen LogP contribution in [-0.2, 0) is 11.2 Å². The highest BCUT2D eigenvalue weighted by Gasteiger charge is 2.24. The van der Waals surface area contributed by atoms with Crippen LogP contribution < -0.4 is 5.73 Å². The van der Waals surface area contributed by atoms with Gasteiger partial charge in [-0.05, 0) is 17.5 Å². The maximum atomic E-state index is 11.7. The van der Waals surface area contributed by atoms with Gasteiger partial charge < -0.3 is 10.6 Å². The number of carbonyl (C=O) groups is 1. The summed E-state index contributed by atoms with van der Waals surface area (Å²) in [5.41, 5.74) is 8.06. The fraction of sp³-hybridized carbons (Fsp3) is 0.364. The van der Waals surface area contributed by atoms with E-state index in [2.05, 4.69) is 0 Å². The Balaban J connectivity index is 0.00000112. The lowest BCUT2D eigenvalue weighted by Gasteiger charge is -2.16. The molecular weight excluding hydrogens is 212 g/mol. The van der Waals surface area contributed by atoms with Crippen LogP contribution >= 0.6 is 12.4 Å². The second-order valence-electron chi connectivity index (χ2n) is 3.69. The number of carbonyl (C=O) groups excluding carboxylic acids is 1. The molecule has 4 heteroatoms. The van der Waals surface area contributed by atoms with Crippen LogP contribution in [0.1, 0.15) is 17.2 Å². The molecule has 0 saturated heterocycles. The second kappa shape index (κ2) is 4.64. The number of halogens is 1. The number of hydrogen-bond acceptors (Lipinski definition) is 2. The Morgan fingerprint density at radius 1 is 1.40 bits per heavy atom. The van der Waals surface area contributed by atoms with E-state index >= 15 is 0 Å². The summed E-state index contributed by atoms with van der Waals surface area (Å²) in [6, 6.07) is 7.41. The summed E-state index contributed by atoms with van der Waals surface area (Å²) >= 11 is 0. The van der Waals surface area contributed by atoms with E-state index in [1.54, 1.807) is 11.9 Å². The minimum Gasteiger partial charge on any atom is -0.344 e. The first-order valence-corrected chi connectivity index (χ1v) is 4.78. The minimum atomic E-state index is -0.487. The minimum absolute atomic E-state index is 0. The number of likely N-dealkylation sites (N-methyl/N-ethyl adjacent to an activating group) is 1. The summed E-state index contributed by atoms with van der Waals surface area (Å²) in [6.45, 7) is 0.754. The topological polar surface area (TPSA) is 46.3 Å². The first-order chi connectivity index (χ1) is 6.70. The number of amides is 1. The lowest BCUT2D eigenvalue weighted by atomic mass is 10.00. The molecular formula is C11H15ClN2O. The van der Waals surface area contributed by atoms with Crippen molar-refractivity contribution in [1.82, 2.24) is 4.90 Å². The fourth-order valence-corrected chi connectivity index (χ4v) is 1.83. The number of hydrogen-bond donors (Lipinski definition) is 1. The van der Waals surface area contributed by atoms with Gasteiger partial charge in [-0.3, -0.25) is 4.79 Å². The van der Waals surface area contributed by atoms with Crippen LogP contribution in [0.5, 0.6) is 0 Å². The summed E-state index contributed by atoms with van der Waals surface area (Å²) < 4.78 is 0. The molecule has 0 fully saturated rings. The van der Waals surface area contributed by atoms with Gasteiger partial charge in [0.2, 0.25) is 5.91 Å². The van der Waals surface area contributed by atoms with Gasteiger partial charge in [-0.1, -0.05) is 24.3 Å². The van der Waals surface area contributed by atoms with Crippen LogP contribution in [0.15, 0.2) is 24.3 Å². The Morgan fingerprint density at radius 3 is 2.80 bits per heavy atom. The van der Waals surface area contributed by atoms with Crippen LogP contribution in [0.25, 0.3) is 0 Å². The van der Waals surface area contributed by atoms with Crippen LogP contribution in [0, 0.1) is 0 Å². The zero-order valence-corrected chi connectivity index (χ0v) is 9.46. The lowest BCUT2D eigenvalue weighted by molar-refractivity contribution is -0.131. The van der Waals surface area contributed by atoms with Gasteiger partial charge in [0.05, 0.1) is 0 Å². The summed E-state index contributed by atoms with van der Waals surface area (Å²) in [6.07, 6.45) is 0.895. The number of benzene rings is 1. The average molecular weight is 227 g/mol. The van der Waals surface area contributed by atoms with Gasteiger partial charge in [0.1, 0.15) is 6.04 Å². The van der Waals surface area contributed by atoms with Crippen LogP contribution in [0.2, 0.25) is 0 Å². The highest BCUT2D eigenvalue weighted by Crippen LogP contribution is 2.21. The number of nitrogens with two attached hydrogens (primary N) is 1. The number of rotatable bonds is 0. The molecule has 2 rings (SSSR count). The zero-order valence-electron chi connectivity index (χ0n) is 8.64. The van der Waals surface area contributed by atoms with Crippen molar-refractivity contribution in [2.45, 2.75) is 12.5 Å². The van der Waals surface area contributed by atoms with Gasteiger partial charge in [-0.15, -0.1) is 12.4 Å². The molecule has 0 spiro atoms. The number of fused-ring (bicyclic) bond motifs is 1. The Labute approximate surface area is 95.7 Å². The van der Waals surface area contributed by atoms with Gasteiger partial charge in [0.15, 0.2) is 0 Å². The molecule has 1 atom stereocenters. The van der Waals surface area contributed by atoms with Crippen LogP contribution in [0.4, 0.5) is 0 Å². The molecule has 15 heavy (non-hydrogen) atoms. The molecule has 3 nitrogen and oxygen atoms in total. The number of nitrogens with zero attached hydrogens (tertiary/aromatic N) is 1. The molecule has 0 saturated carbocycles. The maximum absolute atomic E-state index is 11.7. The fourth-order valence-electron chi connectivity index (χ4n) is 1.83. The standard InChI is InChI=1S/C11H14N2O.ClH/c1-13-7-6-8-4-2-3-5-9(8)10(12)11(13)14;/h2-5,10H,6-7,12H2,1H3;1H/t10-;/m0./s1. The van der Waals surface area contributed by atoms with Gasteiger partial charge in [0, 0.05) is 13.6 Å². The Bertz CT molecular complexity index is 367. The smallest absolute Gasteiger partial charge is 0.243 e. The van der Waals surface area contributed by atoms with Gasteiger partial charge in [0.25, 0.3) is 0 Å². The van der Waals surface area contributed by atoms with Gasteiger partial charge in [-0.2, -0.15) is 0 Å². The molecule has 82 valence electrons. The molecule has 0 unspecified atom stereocenters. The van der Waals surface area contributed by atoms with Gasteiger partial charge in [-0.25, -0.2) is 0 Å². The monoisotopic (exact) mass is 226 g/mol. The third-order valence-corrected chi connectivity index (χ3v) is 2.75. The van der Waals surface area contributed by atoms with Crippen molar-refractivity contribution in [2.75, 3.05) is 13.6 Å². The molecule has 0 aliphatic carbocycles. The molecule has 1 aliphatic rings. The second-order valence-corrected chi connectivity index (χ2v) is 3.69. The van der Waals surface area contributed by atoms with Gasteiger partial charge >= 0.3 is 0 Å². The van der Waals surface area contributed by atoms with E-state index in [0.717, 1.165) is 18.5 Å². The van der Waals surface area contributed by atoms with E-state index in [9.17, 15) is 4.79 Å². The molecule has 1 amide bonds. The lowest BCUT2D eigenvalue weighted by Crippen LogP contribution is -2.34.